The van der Waals surface area contributed by atoms with Crippen molar-refractivity contribution in [3.63, 3.8) is 0 Å². The Morgan fingerprint density at radius 3 is 2.54 bits per heavy atom. The van der Waals surface area contributed by atoms with Crippen LogP contribution in [0.3, 0.4) is 0 Å². The Balaban J connectivity index is 2.16. The van der Waals surface area contributed by atoms with Gasteiger partial charge in [0, 0.05) is 41.7 Å². The van der Waals surface area contributed by atoms with Gasteiger partial charge >= 0.3 is 0 Å². The lowest BCUT2D eigenvalue weighted by atomic mass is 10.0. The molecule has 0 aliphatic rings. The lowest BCUT2D eigenvalue weighted by Crippen LogP contribution is -2.18. The minimum absolute atomic E-state index is 0.0553. The van der Waals surface area contributed by atoms with Crippen molar-refractivity contribution in [2.45, 2.75) is 19.9 Å². The van der Waals surface area contributed by atoms with E-state index in [0.717, 1.165) is 23.1 Å². The Kier molecular flexibility index (Phi) is 4.37. The first-order valence-corrected chi connectivity index (χ1v) is 7.68. The molecule has 5 nitrogen and oxygen atoms in total. The van der Waals surface area contributed by atoms with Gasteiger partial charge in [-0.15, -0.1) is 0 Å². The molecule has 0 radical (unpaired) electrons. The van der Waals surface area contributed by atoms with Crippen LogP contribution in [0.2, 0.25) is 0 Å². The zero-order valence-electron chi connectivity index (χ0n) is 13.2. The minimum atomic E-state index is -0.321. The summed E-state index contributed by atoms with van der Waals surface area (Å²) in [6.07, 6.45) is 4.26. The number of rotatable bonds is 4. The molecule has 3 aromatic rings. The van der Waals surface area contributed by atoms with Gasteiger partial charge in [0.15, 0.2) is 0 Å². The summed E-state index contributed by atoms with van der Waals surface area (Å²) in [4.78, 5) is 20.3. The van der Waals surface area contributed by atoms with Gasteiger partial charge in [-0.1, -0.05) is 6.92 Å². The molecule has 0 saturated heterocycles. The summed E-state index contributed by atoms with van der Waals surface area (Å²) in [5, 5.41) is 0. The van der Waals surface area contributed by atoms with E-state index in [1.807, 2.05) is 6.92 Å². The molecule has 0 unspecified atom stereocenters. The van der Waals surface area contributed by atoms with Crippen LogP contribution in [0.25, 0.3) is 22.4 Å². The molecule has 122 valence electrons. The lowest BCUT2D eigenvalue weighted by molar-refractivity contribution is 0.628. The Hall–Kier alpha value is -3.02. The normalized spacial score (nSPS) is 10.8. The van der Waals surface area contributed by atoms with Crippen molar-refractivity contribution in [1.82, 2.24) is 14.5 Å². The second kappa shape index (κ2) is 6.62. The Morgan fingerprint density at radius 2 is 1.83 bits per heavy atom. The van der Waals surface area contributed by atoms with Gasteiger partial charge in [-0.05, 0) is 36.8 Å². The van der Waals surface area contributed by atoms with E-state index in [4.69, 9.17) is 5.73 Å². The number of anilines is 1. The number of nitrogens with two attached hydrogens (primary N) is 1. The van der Waals surface area contributed by atoms with Gasteiger partial charge in [0.05, 0.1) is 5.69 Å². The fourth-order valence-corrected chi connectivity index (χ4v) is 2.54. The third kappa shape index (κ3) is 3.17. The molecule has 2 aromatic heterocycles. The van der Waals surface area contributed by atoms with Crippen molar-refractivity contribution in [3.8, 4) is 22.4 Å². The van der Waals surface area contributed by atoms with Crippen molar-refractivity contribution >= 4 is 5.95 Å². The average molecular weight is 324 g/mol. The molecule has 0 bridgehead atoms. The minimum Gasteiger partial charge on any atom is -0.368 e. The van der Waals surface area contributed by atoms with E-state index in [9.17, 15) is 9.18 Å². The highest BCUT2D eigenvalue weighted by atomic mass is 19.1. The van der Waals surface area contributed by atoms with E-state index in [2.05, 4.69) is 9.97 Å². The molecule has 0 saturated carbocycles. The standard InChI is InChI=1S/C18H17FN4O/c1-2-9-23-11-13(5-8-16(23)24)15-10-21-18(20)22-17(15)12-3-6-14(19)7-4-12/h3-8,10-11H,2,9H2,1H3,(H2,20,21,22). The Bertz CT molecular complexity index is 919. The highest BCUT2D eigenvalue weighted by Gasteiger charge is 2.12. The monoisotopic (exact) mass is 324 g/mol. The van der Waals surface area contributed by atoms with Crippen LogP contribution < -0.4 is 11.3 Å². The highest BCUT2D eigenvalue weighted by molar-refractivity contribution is 5.80. The molecule has 0 aliphatic heterocycles. The van der Waals surface area contributed by atoms with E-state index in [0.29, 0.717) is 12.2 Å². The zero-order chi connectivity index (χ0) is 17.1. The van der Waals surface area contributed by atoms with Gasteiger partial charge in [0.1, 0.15) is 5.82 Å². The summed E-state index contributed by atoms with van der Waals surface area (Å²) in [5.41, 5.74) is 8.54. The maximum Gasteiger partial charge on any atom is 0.250 e. The number of nitrogens with zero attached hydrogens (tertiary/aromatic N) is 3. The van der Waals surface area contributed by atoms with Crippen LogP contribution in [0.1, 0.15) is 13.3 Å². The number of aromatic nitrogens is 3. The highest BCUT2D eigenvalue weighted by Crippen LogP contribution is 2.30. The predicted molar refractivity (Wildman–Crippen MR) is 91.8 cm³/mol. The molecule has 2 heterocycles. The van der Waals surface area contributed by atoms with Gasteiger partial charge in [-0.3, -0.25) is 4.79 Å². The Labute approximate surface area is 138 Å². The maximum absolute atomic E-state index is 13.2. The molecule has 0 atom stereocenters. The van der Waals surface area contributed by atoms with Crippen molar-refractivity contribution in [2.24, 2.45) is 0 Å². The largest absolute Gasteiger partial charge is 0.368 e. The number of benzene rings is 1. The van der Waals surface area contributed by atoms with Gasteiger partial charge < -0.3 is 10.3 Å². The van der Waals surface area contributed by atoms with Gasteiger partial charge in [-0.25, -0.2) is 14.4 Å². The van der Waals surface area contributed by atoms with Crippen molar-refractivity contribution in [1.29, 1.82) is 0 Å². The molecule has 24 heavy (non-hydrogen) atoms. The topological polar surface area (TPSA) is 73.8 Å². The quantitative estimate of drug-likeness (QED) is 0.800. The number of hydrogen-bond donors (Lipinski definition) is 1. The van der Waals surface area contributed by atoms with Crippen LogP contribution in [-0.4, -0.2) is 14.5 Å². The predicted octanol–water partition coefficient (Wildman–Crippen LogP) is 3.10. The summed E-state index contributed by atoms with van der Waals surface area (Å²) in [6.45, 7) is 2.64. The lowest BCUT2D eigenvalue weighted by Gasteiger charge is -2.11. The van der Waals surface area contributed by atoms with E-state index >= 15 is 0 Å². The fraction of sp³-hybridized carbons (Fsp3) is 0.167. The van der Waals surface area contributed by atoms with Gasteiger partial charge in [-0.2, -0.15) is 0 Å². The second-order valence-electron chi connectivity index (χ2n) is 5.45. The summed E-state index contributed by atoms with van der Waals surface area (Å²) in [6, 6.07) is 9.28. The van der Waals surface area contributed by atoms with Crippen molar-refractivity contribution in [2.75, 3.05) is 5.73 Å². The first kappa shape index (κ1) is 15.9. The van der Waals surface area contributed by atoms with Crippen LogP contribution in [0.4, 0.5) is 10.3 Å². The third-order valence-electron chi connectivity index (χ3n) is 3.68. The second-order valence-corrected chi connectivity index (χ2v) is 5.45. The number of nitrogen functional groups attached to an aromatic ring is 1. The number of hydrogen-bond acceptors (Lipinski definition) is 4. The summed E-state index contributed by atoms with van der Waals surface area (Å²) in [5.74, 6) is -0.182. The van der Waals surface area contributed by atoms with Gasteiger partial charge in [0.25, 0.3) is 5.56 Å². The number of pyridine rings is 1. The van der Waals surface area contributed by atoms with Crippen molar-refractivity contribution in [3.05, 3.63) is 65.0 Å². The summed E-state index contributed by atoms with van der Waals surface area (Å²) in [7, 11) is 0. The van der Waals surface area contributed by atoms with E-state index < -0.39 is 0 Å². The summed E-state index contributed by atoms with van der Waals surface area (Å²) < 4.78 is 14.8. The molecule has 0 aliphatic carbocycles. The molecule has 6 heteroatoms. The van der Waals surface area contributed by atoms with Crippen LogP contribution in [0.5, 0.6) is 0 Å². The molecular formula is C18H17FN4O. The third-order valence-corrected chi connectivity index (χ3v) is 3.68. The Morgan fingerprint density at radius 1 is 1.12 bits per heavy atom. The molecule has 1 aromatic carbocycles. The molecule has 2 N–H and O–H groups in total. The molecular weight excluding hydrogens is 307 g/mol. The smallest absolute Gasteiger partial charge is 0.250 e. The SMILES string of the molecule is CCCn1cc(-c2cnc(N)nc2-c2ccc(F)cc2)ccc1=O. The first-order chi connectivity index (χ1) is 11.6. The van der Waals surface area contributed by atoms with E-state index in [1.54, 1.807) is 35.2 Å². The fourth-order valence-electron chi connectivity index (χ4n) is 2.54. The van der Waals surface area contributed by atoms with E-state index in [1.165, 1.54) is 18.2 Å². The maximum atomic E-state index is 13.2. The van der Waals surface area contributed by atoms with Crippen LogP contribution in [0, 0.1) is 5.82 Å². The average Bonchev–Trinajstić information content (AvgIpc) is 2.58. The van der Waals surface area contributed by atoms with Crippen LogP contribution in [0.15, 0.2) is 53.6 Å². The molecule has 0 amide bonds. The number of aryl methyl sites for hydroxylation is 1. The van der Waals surface area contributed by atoms with Crippen LogP contribution >= 0.6 is 0 Å². The van der Waals surface area contributed by atoms with Crippen molar-refractivity contribution < 1.29 is 4.39 Å². The molecule has 0 spiro atoms. The zero-order valence-corrected chi connectivity index (χ0v) is 13.2. The first-order valence-electron chi connectivity index (χ1n) is 7.68. The van der Waals surface area contributed by atoms with Crippen LogP contribution in [-0.2, 0) is 6.54 Å². The van der Waals surface area contributed by atoms with Gasteiger partial charge in [0.2, 0.25) is 5.95 Å². The van der Waals surface area contributed by atoms with E-state index in [-0.39, 0.29) is 17.3 Å². The molecule has 0 fully saturated rings. The molecule has 3 rings (SSSR count). The number of halogens is 1. The summed E-state index contributed by atoms with van der Waals surface area (Å²) >= 11 is 0.